The van der Waals surface area contributed by atoms with E-state index in [0.29, 0.717) is 0 Å². The van der Waals surface area contributed by atoms with E-state index >= 15 is 0 Å². The second kappa shape index (κ2) is 9.75. The zero-order chi connectivity index (χ0) is 32.1. The van der Waals surface area contributed by atoms with Crippen LogP contribution in [0.3, 0.4) is 0 Å². The first-order valence-corrected chi connectivity index (χ1v) is 16.7. The molecule has 9 aromatic rings. The summed E-state index contributed by atoms with van der Waals surface area (Å²) in [5, 5.41) is 2.40. The van der Waals surface area contributed by atoms with E-state index in [1.165, 1.54) is 33.0 Å². The molecule has 2 aliphatic rings. The van der Waals surface area contributed by atoms with Crippen LogP contribution in [0.15, 0.2) is 164 Å². The van der Waals surface area contributed by atoms with Crippen LogP contribution in [0.1, 0.15) is 22.3 Å². The van der Waals surface area contributed by atoms with Crippen molar-refractivity contribution in [1.82, 2.24) is 14.5 Å². The van der Waals surface area contributed by atoms with Gasteiger partial charge < -0.3 is 4.74 Å². The molecular formula is C45H27N3O. The van der Waals surface area contributed by atoms with Crippen LogP contribution < -0.4 is 4.74 Å². The third-order valence-corrected chi connectivity index (χ3v) is 10.5. The molecule has 228 valence electrons. The van der Waals surface area contributed by atoms with Gasteiger partial charge in [-0.15, -0.1) is 0 Å². The van der Waals surface area contributed by atoms with Gasteiger partial charge in [-0.3, -0.25) is 4.57 Å². The van der Waals surface area contributed by atoms with E-state index < -0.39 is 5.41 Å². The molecule has 4 nitrogen and oxygen atoms in total. The number of hydrogen-bond acceptors (Lipinski definition) is 3. The molecule has 49 heavy (non-hydrogen) atoms. The molecule has 1 aliphatic heterocycles. The van der Waals surface area contributed by atoms with Gasteiger partial charge in [0.05, 0.1) is 27.5 Å². The largest absolute Gasteiger partial charge is 0.457 e. The first-order chi connectivity index (χ1) is 24.3. The molecule has 0 bridgehead atoms. The zero-order valence-electron chi connectivity index (χ0n) is 26.3. The van der Waals surface area contributed by atoms with E-state index in [1.807, 2.05) is 30.3 Å². The van der Waals surface area contributed by atoms with Crippen LogP contribution in [0.4, 0.5) is 0 Å². The third-order valence-electron chi connectivity index (χ3n) is 10.5. The fourth-order valence-electron chi connectivity index (χ4n) is 8.57. The normalized spacial score (nSPS) is 13.6. The van der Waals surface area contributed by atoms with Crippen molar-refractivity contribution >= 4 is 32.8 Å². The van der Waals surface area contributed by atoms with Crippen LogP contribution in [0.5, 0.6) is 11.5 Å². The average Bonchev–Trinajstić information content (AvgIpc) is 3.66. The summed E-state index contributed by atoms with van der Waals surface area (Å²) in [6.07, 6.45) is 0. The zero-order valence-corrected chi connectivity index (χ0v) is 26.3. The second-order valence-corrected chi connectivity index (χ2v) is 12.9. The Labute approximate surface area is 282 Å². The standard InChI is InChI=1S/C45H27N3O/c1-2-14-28(15-3-1)43-44(47-36-22-10-9-21-35(36)46-43)48-37-23-11-5-17-30(37)42-38(48)27-26-34-41(42)29-16-4-6-18-31(29)45(34)32-19-7-12-24-39(32)49-40-25-13-8-20-33(40)45/h1-27H. The summed E-state index contributed by atoms with van der Waals surface area (Å²) in [4.78, 5) is 10.6. The van der Waals surface area contributed by atoms with E-state index in [0.717, 1.165) is 61.8 Å². The minimum atomic E-state index is -0.535. The summed E-state index contributed by atoms with van der Waals surface area (Å²) in [5.74, 6) is 2.61. The van der Waals surface area contributed by atoms with Crippen molar-refractivity contribution in [3.8, 4) is 39.7 Å². The first-order valence-electron chi connectivity index (χ1n) is 16.7. The third kappa shape index (κ3) is 3.42. The minimum Gasteiger partial charge on any atom is -0.457 e. The number of ether oxygens (including phenoxy) is 1. The van der Waals surface area contributed by atoms with E-state index in [2.05, 4.69) is 138 Å². The van der Waals surface area contributed by atoms with Crippen molar-refractivity contribution in [3.63, 3.8) is 0 Å². The molecule has 3 heterocycles. The number of aromatic nitrogens is 3. The van der Waals surface area contributed by atoms with Crippen molar-refractivity contribution in [2.45, 2.75) is 5.41 Å². The lowest BCUT2D eigenvalue weighted by Crippen LogP contribution is -2.32. The molecule has 11 rings (SSSR count). The monoisotopic (exact) mass is 625 g/mol. The highest BCUT2D eigenvalue weighted by molar-refractivity contribution is 6.18. The predicted molar refractivity (Wildman–Crippen MR) is 197 cm³/mol. The molecule has 0 amide bonds. The maximum atomic E-state index is 6.58. The number of hydrogen-bond donors (Lipinski definition) is 0. The Kier molecular flexibility index (Phi) is 5.28. The molecule has 0 saturated heterocycles. The van der Waals surface area contributed by atoms with E-state index in [1.54, 1.807) is 0 Å². The average molecular weight is 626 g/mol. The Morgan fingerprint density at radius 3 is 1.86 bits per heavy atom. The highest BCUT2D eigenvalue weighted by atomic mass is 16.5. The topological polar surface area (TPSA) is 39.9 Å². The number of benzene rings is 7. The van der Waals surface area contributed by atoms with Gasteiger partial charge in [-0.1, -0.05) is 127 Å². The fraction of sp³-hybridized carbons (Fsp3) is 0.0222. The van der Waals surface area contributed by atoms with Gasteiger partial charge in [-0.2, -0.15) is 0 Å². The molecule has 1 spiro atoms. The first kappa shape index (κ1) is 26.5. The molecule has 0 saturated carbocycles. The second-order valence-electron chi connectivity index (χ2n) is 12.9. The summed E-state index contributed by atoms with van der Waals surface area (Å²) in [7, 11) is 0. The van der Waals surface area contributed by atoms with E-state index in [4.69, 9.17) is 14.7 Å². The lowest BCUT2D eigenvalue weighted by molar-refractivity contribution is 0.436. The van der Waals surface area contributed by atoms with Gasteiger partial charge in [0.2, 0.25) is 0 Å². The van der Waals surface area contributed by atoms with Gasteiger partial charge in [0, 0.05) is 27.5 Å². The van der Waals surface area contributed by atoms with Gasteiger partial charge in [0.15, 0.2) is 5.82 Å². The van der Waals surface area contributed by atoms with Crippen molar-refractivity contribution in [3.05, 3.63) is 186 Å². The highest BCUT2D eigenvalue weighted by Crippen LogP contribution is 2.63. The summed E-state index contributed by atoms with van der Waals surface area (Å²) < 4.78 is 8.91. The Morgan fingerprint density at radius 2 is 1.08 bits per heavy atom. The Morgan fingerprint density at radius 1 is 0.469 bits per heavy atom. The number of rotatable bonds is 2. The van der Waals surface area contributed by atoms with Crippen LogP contribution in [0.25, 0.3) is 61.0 Å². The Bertz CT molecular complexity index is 2770. The van der Waals surface area contributed by atoms with Gasteiger partial charge in [-0.25, -0.2) is 9.97 Å². The summed E-state index contributed by atoms with van der Waals surface area (Å²) in [6.45, 7) is 0. The van der Waals surface area contributed by atoms with Crippen LogP contribution in [-0.2, 0) is 5.41 Å². The molecule has 0 atom stereocenters. The molecular weight excluding hydrogens is 599 g/mol. The van der Waals surface area contributed by atoms with Crippen molar-refractivity contribution in [2.24, 2.45) is 0 Å². The van der Waals surface area contributed by atoms with Crippen LogP contribution in [0.2, 0.25) is 0 Å². The molecule has 7 aromatic carbocycles. The van der Waals surface area contributed by atoms with E-state index in [-0.39, 0.29) is 0 Å². The van der Waals surface area contributed by atoms with Crippen LogP contribution in [-0.4, -0.2) is 14.5 Å². The van der Waals surface area contributed by atoms with Gasteiger partial charge in [-0.05, 0) is 58.7 Å². The summed E-state index contributed by atoms with van der Waals surface area (Å²) in [6, 6.07) is 57.9. The lowest BCUT2D eigenvalue weighted by Gasteiger charge is -2.39. The van der Waals surface area contributed by atoms with Gasteiger partial charge in [0.1, 0.15) is 17.2 Å². The minimum absolute atomic E-state index is 0.535. The van der Waals surface area contributed by atoms with Crippen LogP contribution in [0, 0.1) is 0 Å². The highest BCUT2D eigenvalue weighted by Gasteiger charge is 2.51. The van der Waals surface area contributed by atoms with Gasteiger partial charge >= 0.3 is 0 Å². The fourth-order valence-corrected chi connectivity index (χ4v) is 8.57. The summed E-state index contributed by atoms with van der Waals surface area (Å²) >= 11 is 0. The SMILES string of the molecule is c1ccc(-c2nc3ccccc3nc2-n2c3ccccc3c3c4c(ccc32)C2(c3ccccc3Oc3ccccc32)c2ccccc2-4)cc1. The van der Waals surface area contributed by atoms with Crippen molar-refractivity contribution in [1.29, 1.82) is 0 Å². The molecule has 4 heteroatoms. The smallest absolute Gasteiger partial charge is 0.165 e. The quantitative estimate of drug-likeness (QED) is 0.192. The van der Waals surface area contributed by atoms with Crippen molar-refractivity contribution < 1.29 is 4.74 Å². The Hall–Kier alpha value is -6.52. The lowest BCUT2D eigenvalue weighted by atomic mass is 9.66. The maximum absolute atomic E-state index is 6.58. The molecule has 1 aliphatic carbocycles. The maximum Gasteiger partial charge on any atom is 0.165 e. The van der Waals surface area contributed by atoms with Crippen molar-refractivity contribution in [2.75, 3.05) is 0 Å². The molecule has 0 radical (unpaired) electrons. The number of para-hydroxylation sites is 5. The Balaban J connectivity index is 1.31. The molecule has 0 N–H and O–H groups in total. The van der Waals surface area contributed by atoms with Crippen LogP contribution >= 0.6 is 0 Å². The predicted octanol–water partition coefficient (Wildman–Crippen LogP) is 10.9. The summed E-state index contributed by atoms with van der Waals surface area (Å²) in [5.41, 5.74) is 12.6. The molecule has 0 fully saturated rings. The van der Waals surface area contributed by atoms with Gasteiger partial charge in [0.25, 0.3) is 0 Å². The number of nitrogens with zero attached hydrogens (tertiary/aromatic N) is 3. The van der Waals surface area contributed by atoms with E-state index in [9.17, 15) is 0 Å². The molecule has 2 aromatic heterocycles. The number of fused-ring (bicyclic) bond motifs is 14. The molecule has 0 unspecified atom stereocenters.